The van der Waals surface area contributed by atoms with Crippen LogP contribution in [0.15, 0.2) is 58.8 Å². The van der Waals surface area contributed by atoms with Crippen LogP contribution >= 0.6 is 11.3 Å². The lowest BCUT2D eigenvalue weighted by atomic mass is 10.2. The Morgan fingerprint density at radius 2 is 1.93 bits per heavy atom. The van der Waals surface area contributed by atoms with Gasteiger partial charge < -0.3 is 5.32 Å². The van der Waals surface area contributed by atoms with Gasteiger partial charge in [0, 0.05) is 17.5 Å². The molecule has 0 saturated carbocycles. The van der Waals surface area contributed by atoms with Gasteiger partial charge >= 0.3 is 0 Å². The number of halogens is 1. The number of hydrogen-bond donors (Lipinski definition) is 2. The summed E-state index contributed by atoms with van der Waals surface area (Å²) in [7, 11) is -3.84. The van der Waals surface area contributed by atoms with Crippen molar-refractivity contribution in [1.29, 1.82) is 0 Å². The Labute approximate surface area is 166 Å². The number of aryl methyl sites for hydroxylation is 2. The standard InChI is InChI=1S/C19H18FN3O3S2/c1-13-3-2-4-15(11-13)21-18(24)10-7-16-12-27-19(22-16)23-28(25,26)17-8-5-14(20)6-9-17/h2-6,8-9,11-12H,7,10H2,1H3,(H,21,24)(H,22,23). The summed E-state index contributed by atoms with van der Waals surface area (Å²) in [5.41, 5.74) is 2.40. The molecule has 0 spiro atoms. The first-order chi connectivity index (χ1) is 13.3. The summed E-state index contributed by atoms with van der Waals surface area (Å²) in [5, 5.41) is 4.71. The molecule has 3 aromatic rings. The molecule has 0 aliphatic heterocycles. The monoisotopic (exact) mass is 419 g/mol. The number of nitrogens with one attached hydrogen (secondary N) is 2. The van der Waals surface area contributed by atoms with Crippen LogP contribution in [0.5, 0.6) is 0 Å². The molecule has 0 fully saturated rings. The second kappa shape index (κ2) is 8.49. The molecule has 0 unspecified atom stereocenters. The molecule has 0 atom stereocenters. The highest BCUT2D eigenvalue weighted by Crippen LogP contribution is 2.21. The van der Waals surface area contributed by atoms with Crippen molar-refractivity contribution in [3.63, 3.8) is 0 Å². The van der Waals surface area contributed by atoms with E-state index < -0.39 is 15.8 Å². The molecule has 3 rings (SSSR count). The summed E-state index contributed by atoms with van der Waals surface area (Å²) in [4.78, 5) is 16.2. The predicted molar refractivity (Wildman–Crippen MR) is 107 cm³/mol. The number of nitrogens with zero attached hydrogens (tertiary/aromatic N) is 1. The van der Waals surface area contributed by atoms with Gasteiger partial charge in [-0.2, -0.15) is 0 Å². The van der Waals surface area contributed by atoms with Crippen LogP contribution in [-0.4, -0.2) is 19.3 Å². The summed E-state index contributed by atoms with van der Waals surface area (Å²) in [6, 6.07) is 12.0. The molecule has 0 aliphatic rings. The van der Waals surface area contributed by atoms with Crippen LogP contribution in [0.4, 0.5) is 15.2 Å². The maximum atomic E-state index is 13.0. The van der Waals surface area contributed by atoms with Gasteiger partial charge in [0.05, 0.1) is 10.6 Å². The third-order valence-corrected chi connectivity index (χ3v) is 6.10. The van der Waals surface area contributed by atoms with Crippen molar-refractivity contribution in [2.24, 2.45) is 0 Å². The number of carbonyl (C=O) groups is 1. The van der Waals surface area contributed by atoms with Crippen LogP contribution in [-0.2, 0) is 21.2 Å². The summed E-state index contributed by atoms with van der Waals surface area (Å²) < 4.78 is 39.9. The highest BCUT2D eigenvalue weighted by atomic mass is 32.2. The van der Waals surface area contributed by atoms with Gasteiger partial charge in [-0.05, 0) is 55.3 Å². The van der Waals surface area contributed by atoms with E-state index in [0.29, 0.717) is 12.1 Å². The molecule has 1 amide bonds. The molecule has 2 N–H and O–H groups in total. The smallest absolute Gasteiger partial charge is 0.263 e. The SMILES string of the molecule is Cc1cccc(NC(=O)CCc2csc(NS(=O)(=O)c3ccc(F)cc3)n2)c1. The van der Waals surface area contributed by atoms with E-state index in [4.69, 9.17) is 0 Å². The maximum absolute atomic E-state index is 13.0. The molecule has 0 saturated heterocycles. The lowest BCUT2D eigenvalue weighted by Crippen LogP contribution is -2.13. The van der Waals surface area contributed by atoms with Crippen LogP contribution in [0.3, 0.4) is 0 Å². The summed E-state index contributed by atoms with van der Waals surface area (Å²) in [5.74, 6) is -0.661. The maximum Gasteiger partial charge on any atom is 0.263 e. The number of amides is 1. The molecule has 0 radical (unpaired) electrons. The zero-order valence-electron chi connectivity index (χ0n) is 15.0. The van der Waals surface area contributed by atoms with E-state index in [1.165, 1.54) is 12.1 Å². The van der Waals surface area contributed by atoms with Crippen molar-refractivity contribution in [3.8, 4) is 0 Å². The van der Waals surface area contributed by atoms with Crippen molar-refractivity contribution in [1.82, 2.24) is 4.98 Å². The van der Waals surface area contributed by atoms with Crippen LogP contribution in [0.2, 0.25) is 0 Å². The molecule has 28 heavy (non-hydrogen) atoms. The first-order valence-electron chi connectivity index (χ1n) is 8.41. The van der Waals surface area contributed by atoms with E-state index in [2.05, 4.69) is 15.0 Å². The fraction of sp³-hybridized carbons (Fsp3) is 0.158. The number of thiazole rings is 1. The minimum atomic E-state index is -3.84. The fourth-order valence-electron chi connectivity index (χ4n) is 2.44. The van der Waals surface area contributed by atoms with E-state index in [9.17, 15) is 17.6 Å². The Hall–Kier alpha value is -2.78. The van der Waals surface area contributed by atoms with Gasteiger partial charge in [0.1, 0.15) is 5.82 Å². The first kappa shape index (κ1) is 20.0. The van der Waals surface area contributed by atoms with Crippen LogP contribution in [0.1, 0.15) is 17.7 Å². The largest absolute Gasteiger partial charge is 0.326 e. The van der Waals surface area contributed by atoms with Crippen LogP contribution < -0.4 is 10.0 Å². The second-order valence-corrected chi connectivity index (χ2v) is 8.66. The highest BCUT2D eigenvalue weighted by Gasteiger charge is 2.16. The average Bonchev–Trinajstić information content (AvgIpc) is 3.07. The fourth-order valence-corrected chi connectivity index (χ4v) is 4.44. The zero-order chi connectivity index (χ0) is 20.1. The molecule has 1 aromatic heterocycles. The van der Waals surface area contributed by atoms with E-state index in [1.807, 2.05) is 31.2 Å². The van der Waals surface area contributed by atoms with Crippen molar-refractivity contribution in [2.45, 2.75) is 24.7 Å². The lowest BCUT2D eigenvalue weighted by molar-refractivity contribution is -0.116. The van der Waals surface area contributed by atoms with E-state index in [-0.39, 0.29) is 22.4 Å². The third kappa shape index (κ3) is 5.37. The second-order valence-electron chi connectivity index (χ2n) is 6.12. The van der Waals surface area contributed by atoms with Gasteiger partial charge in [-0.25, -0.2) is 17.8 Å². The minimum Gasteiger partial charge on any atom is -0.326 e. The normalized spacial score (nSPS) is 11.2. The Morgan fingerprint density at radius 3 is 2.64 bits per heavy atom. The van der Waals surface area contributed by atoms with Gasteiger partial charge in [-0.15, -0.1) is 11.3 Å². The van der Waals surface area contributed by atoms with Crippen molar-refractivity contribution in [2.75, 3.05) is 10.0 Å². The zero-order valence-corrected chi connectivity index (χ0v) is 16.6. The molecule has 2 aromatic carbocycles. The average molecular weight is 420 g/mol. The van der Waals surface area contributed by atoms with Crippen molar-refractivity contribution in [3.05, 3.63) is 71.0 Å². The van der Waals surface area contributed by atoms with E-state index in [0.717, 1.165) is 34.7 Å². The number of anilines is 2. The van der Waals surface area contributed by atoms with Gasteiger partial charge in [-0.3, -0.25) is 9.52 Å². The van der Waals surface area contributed by atoms with Gasteiger partial charge in [0.2, 0.25) is 5.91 Å². The highest BCUT2D eigenvalue weighted by molar-refractivity contribution is 7.93. The predicted octanol–water partition coefficient (Wildman–Crippen LogP) is 3.96. The number of sulfonamides is 1. The molecule has 0 aliphatic carbocycles. The van der Waals surface area contributed by atoms with Crippen LogP contribution in [0, 0.1) is 12.7 Å². The third-order valence-electron chi connectivity index (χ3n) is 3.81. The number of aromatic nitrogens is 1. The van der Waals surface area contributed by atoms with Crippen molar-refractivity contribution < 1.29 is 17.6 Å². The molecule has 6 nitrogen and oxygen atoms in total. The van der Waals surface area contributed by atoms with Gasteiger partial charge in [0.25, 0.3) is 10.0 Å². The molecule has 146 valence electrons. The molecular formula is C19H18FN3O3S2. The van der Waals surface area contributed by atoms with Crippen molar-refractivity contribution >= 4 is 38.1 Å². The number of rotatable bonds is 7. The molecule has 1 heterocycles. The topological polar surface area (TPSA) is 88.2 Å². The first-order valence-corrected chi connectivity index (χ1v) is 10.8. The van der Waals surface area contributed by atoms with Gasteiger partial charge in [-0.1, -0.05) is 12.1 Å². The number of carbonyl (C=O) groups excluding carboxylic acids is 1. The lowest BCUT2D eigenvalue weighted by Gasteiger charge is -2.05. The Kier molecular flexibility index (Phi) is 6.05. The Bertz CT molecular complexity index is 1080. The summed E-state index contributed by atoms with van der Waals surface area (Å²) in [6.07, 6.45) is 0.605. The minimum absolute atomic E-state index is 0.0526. The Balaban J connectivity index is 1.56. The summed E-state index contributed by atoms with van der Waals surface area (Å²) >= 11 is 1.12. The number of hydrogen-bond acceptors (Lipinski definition) is 5. The number of benzene rings is 2. The quantitative estimate of drug-likeness (QED) is 0.607. The van der Waals surface area contributed by atoms with Gasteiger partial charge in [0.15, 0.2) is 5.13 Å². The molecular weight excluding hydrogens is 401 g/mol. The summed E-state index contributed by atoms with van der Waals surface area (Å²) in [6.45, 7) is 1.94. The van der Waals surface area contributed by atoms with Crippen LogP contribution in [0.25, 0.3) is 0 Å². The molecule has 0 bridgehead atoms. The van der Waals surface area contributed by atoms with E-state index >= 15 is 0 Å². The Morgan fingerprint density at radius 1 is 1.18 bits per heavy atom. The van der Waals surface area contributed by atoms with E-state index in [1.54, 1.807) is 5.38 Å². The molecule has 9 heteroatoms.